The first-order chi connectivity index (χ1) is 8.65. The average molecular weight is 251 g/mol. The van der Waals surface area contributed by atoms with Gasteiger partial charge in [0.1, 0.15) is 5.75 Å². The molecule has 0 fully saturated rings. The number of hydrogen-bond acceptors (Lipinski definition) is 4. The molecule has 3 N–H and O–H groups in total. The molecule has 1 aromatic carbocycles. The van der Waals surface area contributed by atoms with Gasteiger partial charge in [0.15, 0.2) is 0 Å². The normalized spacial score (nSPS) is 9.67. The molecule has 0 aliphatic rings. The molecular weight excluding hydrogens is 234 g/mol. The average Bonchev–Trinajstić information content (AvgIpc) is 2.39. The minimum Gasteiger partial charge on any atom is -0.497 e. The summed E-state index contributed by atoms with van der Waals surface area (Å²) in [5.41, 5.74) is 0.683. The number of carbonyl (C=O) groups is 2. The van der Waals surface area contributed by atoms with Crippen LogP contribution in [0, 0.1) is 0 Å². The molecule has 1 aromatic rings. The van der Waals surface area contributed by atoms with Gasteiger partial charge in [-0.05, 0) is 24.3 Å². The van der Waals surface area contributed by atoms with E-state index in [9.17, 15) is 9.59 Å². The summed E-state index contributed by atoms with van der Waals surface area (Å²) in [5, 5.41) is 7.88. The number of amides is 2. The third-order valence-electron chi connectivity index (χ3n) is 2.22. The van der Waals surface area contributed by atoms with Crippen molar-refractivity contribution in [3.63, 3.8) is 0 Å². The molecule has 0 spiro atoms. The third-order valence-corrected chi connectivity index (χ3v) is 2.22. The highest BCUT2D eigenvalue weighted by molar-refractivity contribution is 5.92. The molecule has 0 atom stereocenters. The van der Waals surface area contributed by atoms with Gasteiger partial charge in [-0.25, -0.2) is 0 Å². The highest BCUT2D eigenvalue weighted by Crippen LogP contribution is 2.14. The third kappa shape index (κ3) is 4.84. The first-order valence-electron chi connectivity index (χ1n) is 5.51. The van der Waals surface area contributed by atoms with Gasteiger partial charge in [0.05, 0.1) is 20.2 Å². The summed E-state index contributed by atoms with van der Waals surface area (Å²) in [5.74, 6) is 0.363. The molecule has 0 aliphatic heterocycles. The zero-order chi connectivity index (χ0) is 13.4. The van der Waals surface area contributed by atoms with Crippen molar-refractivity contribution in [1.29, 1.82) is 0 Å². The molecule has 0 saturated heterocycles. The lowest BCUT2D eigenvalue weighted by Gasteiger charge is -2.07. The fourth-order valence-corrected chi connectivity index (χ4v) is 1.26. The van der Waals surface area contributed by atoms with Crippen LogP contribution >= 0.6 is 0 Å². The molecule has 0 aromatic heterocycles. The summed E-state index contributed by atoms with van der Waals surface area (Å²) in [4.78, 5) is 22.4. The van der Waals surface area contributed by atoms with Crippen LogP contribution in [0.25, 0.3) is 0 Å². The van der Waals surface area contributed by atoms with Gasteiger partial charge in [-0.15, -0.1) is 0 Å². The van der Waals surface area contributed by atoms with Gasteiger partial charge >= 0.3 is 0 Å². The predicted octanol–water partition coefficient (Wildman–Crippen LogP) is -0.0307. The Morgan fingerprint density at radius 1 is 1.11 bits per heavy atom. The number of rotatable bonds is 6. The van der Waals surface area contributed by atoms with E-state index in [0.29, 0.717) is 5.69 Å². The second-order valence-electron chi connectivity index (χ2n) is 3.55. The van der Waals surface area contributed by atoms with Crippen molar-refractivity contribution in [2.45, 2.75) is 0 Å². The highest BCUT2D eigenvalue weighted by Gasteiger charge is 2.03. The van der Waals surface area contributed by atoms with Gasteiger partial charge in [0.25, 0.3) is 0 Å². The van der Waals surface area contributed by atoms with Crippen molar-refractivity contribution in [2.75, 3.05) is 32.6 Å². The number of ether oxygens (including phenoxy) is 1. The zero-order valence-electron chi connectivity index (χ0n) is 10.4. The number of nitrogens with one attached hydrogen (secondary N) is 3. The van der Waals surface area contributed by atoms with Crippen LogP contribution in [0.3, 0.4) is 0 Å². The maximum atomic E-state index is 11.5. The van der Waals surface area contributed by atoms with E-state index in [2.05, 4.69) is 16.0 Å². The van der Waals surface area contributed by atoms with E-state index in [1.165, 1.54) is 0 Å². The molecule has 2 amide bonds. The summed E-state index contributed by atoms with van der Waals surface area (Å²) < 4.78 is 5.01. The minimum atomic E-state index is -0.205. The zero-order valence-corrected chi connectivity index (χ0v) is 10.4. The smallest absolute Gasteiger partial charge is 0.238 e. The van der Waals surface area contributed by atoms with Crippen LogP contribution < -0.4 is 20.7 Å². The molecule has 0 bridgehead atoms. The summed E-state index contributed by atoms with van der Waals surface area (Å²) in [7, 11) is 3.12. The maximum absolute atomic E-state index is 11.5. The Kier molecular flexibility index (Phi) is 5.66. The van der Waals surface area contributed by atoms with Gasteiger partial charge in [0, 0.05) is 12.7 Å². The fraction of sp³-hybridized carbons (Fsp3) is 0.333. The number of likely N-dealkylation sites (N-methyl/N-ethyl adjacent to an activating group) is 1. The Labute approximate surface area is 106 Å². The Bertz CT molecular complexity index is 404. The van der Waals surface area contributed by atoms with E-state index in [1.807, 2.05) is 0 Å². The van der Waals surface area contributed by atoms with Crippen LogP contribution in [0.1, 0.15) is 0 Å². The molecule has 98 valence electrons. The van der Waals surface area contributed by atoms with Gasteiger partial charge in [-0.1, -0.05) is 0 Å². The fourth-order valence-electron chi connectivity index (χ4n) is 1.26. The van der Waals surface area contributed by atoms with Crippen molar-refractivity contribution in [2.24, 2.45) is 0 Å². The SMILES string of the molecule is CNC(=O)CNCC(=O)Nc1ccc(OC)cc1. The van der Waals surface area contributed by atoms with Gasteiger partial charge < -0.3 is 15.4 Å². The van der Waals surface area contributed by atoms with Crippen molar-refractivity contribution < 1.29 is 14.3 Å². The van der Waals surface area contributed by atoms with Crippen molar-refractivity contribution >= 4 is 17.5 Å². The van der Waals surface area contributed by atoms with E-state index >= 15 is 0 Å². The van der Waals surface area contributed by atoms with E-state index in [1.54, 1.807) is 38.4 Å². The molecule has 18 heavy (non-hydrogen) atoms. The van der Waals surface area contributed by atoms with Crippen LogP contribution in [-0.2, 0) is 9.59 Å². The molecule has 0 radical (unpaired) electrons. The number of hydrogen-bond donors (Lipinski definition) is 3. The lowest BCUT2D eigenvalue weighted by atomic mass is 10.3. The Morgan fingerprint density at radius 3 is 2.28 bits per heavy atom. The number of benzene rings is 1. The molecule has 1 rings (SSSR count). The molecule has 0 heterocycles. The molecule has 0 unspecified atom stereocenters. The van der Waals surface area contributed by atoms with Gasteiger partial charge in [-0.3, -0.25) is 14.9 Å². The van der Waals surface area contributed by atoms with Crippen LogP contribution in [0.2, 0.25) is 0 Å². The van der Waals surface area contributed by atoms with E-state index in [-0.39, 0.29) is 24.9 Å². The van der Waals surface area contributed by atoms with Crippen LogP contribution in [-0.4, -0.2) is 39.1 Å². The van der Waals surface area contributed by atoms with E-state index in [0.717, 1.165) is 5.75 Å². The van der Waals surface area contributed by atoms with Crippen LogP contribution in [0.4, 0.5) is 5.69 Å². The first kappa shape index (κ1) is 14.0. The number of carbonyl (C=O) groups excluding carboxylic acids is 2. The largest absolute Gasteiger partial charge is 0.497 e. The van der Waals surface area contributed by atoms with Gasteiger partial charge in [-0.2, -0.15) is 0 Å². The summed E-state index contributed by atoms with van der Waals surface area (Å²) in [6.45, 7) is 0.200. The lowest BCUT2D eigenvalue weighted by Crippen LogP contribution is -2.36. The number of anilines is 1. The Hall–Kier alpha value is -2.08. The van der Waals surface area contributed by atoms with Crippen molar-refractivity contribution in [3.05, 3.63) is 24.3 Å². The molecule has 0 aliphatic carbocycles. The van der Waals surface area contributed by atoms with Crippen LogP contribution in [0.5, 0.6) is 5.75 Å². The number of methoxy groups -OCH3 is 1. The van der Waals surface area contributed by atoms with E-state index < -0.39 is 0 Å². The standard InChI is InChI=1S/C12H17N3O3/c1-13-11(16)7-14-8-12(17)15-9-3-5-10(18-2)6-4-9/h3-6,14H,7-8H2,1-2H3,(H,13,16)(H,15,17). The highest BCUT2D eigenvalue weighted by atomic mass is 16.5. The summed E-state index contributed by atoms with van der Waals surface area (Å²) in [6, 6.07) is 7.01. The molecular formula is C12H17N3O3. The quantitative estimate of drug-likeness (QED) is 0.663. The topological polar surface area (TPSA) is 79.5 Å². The molecule has 6 nitrogen and oxygen atoms in total. The maximum Gasteiger partial charge on any atom is 0.238 e. The predicted molar refractivity (Wildman–Crippen MR) is 68.6 cm³/mol. The van der Waals surface area contributed by atoms with E-state index in [4.69, 9.17) is 4.74 Å². The van der Waals surface area contributed by atoms with Gasteiger partial charge in [0.2, 0.25) is 11.8 Å². The van der Waals surface area contributed by atoms with Crippen molar-refractivity contribution in [3.8, 4) is 5.75 Å². The first-order valence-corrected chi connectivity index (χ1v) is 5.51. The van der Waals surface area contributed by atoms with Crippen molar-refractivity contribution in [1.82, 2.24) is 10.6 Å². The summed E-state index contributed by atoms with van der Waals surface area (Å²) in [6.07, 6.45) is 0. The Balaban J connectivity index is 2.32. The second-order valence-corrected chi connectivity index (χ2v) is 3.55. The molecule has 6 heteroatoms. The minimum absolute atomic E-state index is 0.0828. The summed E-state index contributed by atoms with van der Waals surface area (Å²) >= 11 is 0. The lowest BCUT2D eigenvalue weighted by molar-refractivity contribution is -0.119. The Morgan fingerprint density at radius 2 is 1.72 bits per heavy atom. The van der Waals surface area contributed by atoms with Crippen LogP contribution in [0.15, 0.2) is 24.3 Å². The molecule has 0 saturated carbocycles. The monoisotopic (exact) mass is 251 g/mol. The second kappa shape index (κ2) is 7.29.